The van der Waals surface area contributed by atoms with Crippen molar-refractivity contribution in [2.45, 2.75) is 38.3 Å². The van der Waals surface area contributed by atoms with Crippen LogP contribution in [0.2, 0.25) is 10.0 Å². The number of halogens is 2. The molecule has 2 fully saturated rings. The zero-order valence-electron chi connectivity index (χ0n) is 19.0. The number of carbonyl (C=O) groups excluding carboxylic acids is 1. The van der Waals surface area contributed by atoms with E-state index < -0.39 is 5.54 Å². The summed E-state index contributed by atoms with van der Waals surface area (Å²) >= 11 is 12.6. The average molecular weight is 486 g/mol. The minimum absolute atomic E-state index is 0.0177. The number of nitrogens with one attached hydrogen (secondary N) is 1. The van der Waals surface area contributed by atoms with Crippen LogP contribution in [0, 0.1) is 0 Å². The monoisotopic (exact) mass is 485 g/mol. The predicted octanol–water partition coefficient (Wildman–Crippen LogP) is 4.74. The highest BCUT2D eigenvalue weighted by atomic mass is 35.5. The number of aromatic nitrogens is 2. The Hall–Kier alpha value is -2.28. The standard InChI is InChI=1S/C25H29Cl2N5O/c1-17(20-6-4-18(26)14-21(20)27)32-16-28-22-7-5-19(15-23(22)32)30-10-12-31(13-11-30)24(33)25(2)8-3-9-29-25/h4-7,14-17,29H,3,8-13H2,1-2H3/t17-,25?/m1/s1. The van der Waals surface area contributed by atoms with Gasteiger partial charge in [0.05, 0.1) is 28.9 Å². The van der Waals surface area contributed by atoms with Gasteiger partial charge >= 0.3 is 0 Å². The van der Waals surface area contributed by atoms with Gasteiger partial charge < -0.3 is 19.7 Å². The van der Waals surface area contributed by atoms with Gasteiger partial charge in [-0.15, -0.1) is 0 Å². The van der Waals surface area contributed by atoms with E-state index in [0.29, 0.717) is 10.0 Å². The lowest BCUT2D eigenvalue weighted by atomic mass is 9.98. The Bertz CT molecular complexity index is 1180. The van der Waals surface area contributed by atoms with E-state index >= 15 is 0 Å². The SMILES string of the molecule is C[C@H](c1ccc(Cl)cc1Cl)n1cnc2ccc(N3CCN(C(=O)C4(C)CCCN4)CC3)cc21. The molecule has 33 heavy (non-hydrogen) atoms. The Morgan fingerprint density at radius 3 is 2.61 bits per heavy atom. The van der Waals surface area contributed by atoms with Crippen LogP contribution in [0.5, 0.6) is 0 Å². The Morgan fingerprint density at radius 2 is 1.91 bits per heavy atom. The quantitative estimate of drug-likeness (QED) is 0.579. The Labute approximate surface area is 204 Å². The van der Waals surface area contributed by atoms with Crippen LogP contribution in [0.1, 0.15) is 38.3 Å². The smallest absolute Gasteiger partial charge is 0.242 e. The van der Waals surface area contributed by atoms with Crippen LogP contribution in [-0.2, 0) is 4.79 Å². The molecule has 6 nitrogen and oxygen atoms in total. The number of hydrogen-bond acceptors (Lipinski definition) is 4. The summed E-state index contributed by atoms with van der Waals surface area (Å²) in [5.74, 6) is 0.238. The highest BCUT2D eigenvalue weighted by Gasteiger charge is 2.39. The first-order valence-corrected chi connectivity index (χ1v) is 12.3. The van der Waals surface area contributed by atoms with Gasteiger partial charge in [0.25, 0.3) is 0 Å². The molecule has 1 aromatic heterocycles. The van der Waals surface area contributed by atoms with Gasteiger partial charge in [-0.1, -0.05) is 29.3 Å². The van der Waals surface area contributed by atoms with Crippen LogP contribution in [0.25, 0.3) is 11.0 Å². The van der Waals surface area contributed by atoms with Gasteiger partial charge in [0, 0.05) is 41.9 Å². The van der Waals surface area contributed by atoms with E-state index in [2.05, 4.69) is 44.9 Å². The molecule has 1 unspecified atom stereocenters. The molecule has 1 N–H and O–H groups in total. The predicted molar refractivity (Wildman–Crippen MR) is 134 cm³/mol. The number of amides is 1. The largest absolute Gasteiger partial charge is 0.368 e. The van der Waals surface area contributed by atoms with Crippen molar-refractivity contribution in [1.82, 2.24) is 19.8 Å². The van der Waals surface area contributed by atoms with E-state index in [-0.39, 0.29) is 11.9 Å². The number of hydrogen-bond donors (Lipinski definition) is 1. The third-order valence-corrected chi connectivity index (χ3v) is 7.72. The number of piperazine rings is 1. The van der Waals surface area contributed by atoms with Crippen molar-refractivity contribution in [2.75, 3.05) is 37.6 Å². The Kier molecular flexibility index (Phi) is 6.02. The first-order chi connectivity index (χ1) is 15.9. The molecule has 0 spiro atoms. The van der Waals surface area contributed by atoms with E-state index in [1.54, 1.807) is 6.07 Å². The van der Waals surface area contributed by atoms with Crippen LogP contribution in [0.15, 0.2) is 42.7 Å². The molecule has 2 atom stereocenters. The number of benzene rings is 2. The van der Waals surface area contributed by atoms with E-state index in [1.165, 1.54) is 0 Å². The van der Waals surface area contributed by atoms with Crippen molar-refractivity contribution in [3.05, 3.63) is 58.3 Å². The van der Waals surface area contributed by atoms with Crippen molar-refractivity contribution < 1.29 is 4.79 Å². The van der Waals surface area contributed by atoms with Gasteiger partial charge in [0.1, 0.15) is 0 Å². The third kappa shape index (κ3) is 4.20. The highest BCUT2D eigenvalue weighted by Crippen LogP contribution is 2.32. The molecule has 3 aromatic rings. The lowest BCUT2D eigenvalue weighted by molar-refractivity contribution is -0.137. The summed E-state index contributed by atoms with van der Waals surface area (Å²) in [4.78, 5) is 22.0. The second-order valence-corrected chi connectivity index (χ2v) is 10.2. The molecule has 2 saturated heterocycles. The molecule has 2 aromatic carbocycles. The van der Waals surface area contributed by atoms with Crippen molar-refractivity contribution in [3.63, 3.8) is 0 Å². The molecule has 2 aliphatic heterocycles. The molecule has 3 heterocycles. The zero-order valence-corrected chi connectivity index (χ0v) is 20.5. The maximum absolute atomic E-state index is 13.0. The zero-order chi connectivity index (χ0) is 23.2. The Morgan fingerprint density at radius 1 is 1.12 bits per heavy atom. The van der Waals surface area contributed by atoms with Gasteiger partial charge in [-0.05, 0) is 69.1 Å². The number of imidazole rings is 1. The molecule has 0 aliphatic carbocycles. The summed E-state index contributed by atoms with van der Waals surface area (Å²) in [5, 5.41) is 4.68. The molecular weight excluding hydrogens is 457 g/mol. The molecule has 8 heteroatoms. The van der Waals surface area contributed by atoms with Crippen LogP contribution in [0.4, 0.5) is 5.69 Å². The molecule has 5 rings (SSSR count). The molecule has 0 radical (unpaired) electrons. The highest BCUT2D eigenvalue weighted by molar-refractivity contribution is 6.35. The maximum Gasteiger partial charge on any atom is 0.242 e. The summed E-state index contributed by atoms with van der Waals surface area (Å²) in [6, 6.07) is 12.0. The number of anilines is 1. The summed E-state index contributed by atoms with van der Waals surface area (Å²) < 4.78 is 2.15. The normalized spacial score (nSPS) is 22.2. The second-order valence-electron chi connectivity index (χ2n) is 9.31. The first kappa shape index (κ1) is 22.5. The molecule has 174 valence electrons. The van der Waals surface area contributed by atoms with Crippen LogP contribution >= 0.6 is 23.2 Å². The van der Waals surface area contributed by atoms with Crippen LogP contribution in [0.3, 0.4) is 0 Å². The Balaban J connectivity index is 1.34. The lowest BCUT2D eigenvalue weighted by Crippen LogP contribution is -2.58. The molecule has 0 saturated carbocycles. The summed E-state index contributed by atoms with van der Waals surface area (Å²) in [6.07, 6.45) is 3.86. The number of fused-ring (bicyclic) bond motifs is 1. The van der Waals surface area contributed by atoms with Crippen molar-refractivity contribution >= 4 is 45.8 Å². The minimum Gasteiger partial charge on any atom is -0.368 e. The molecular formula is C25H29Cl2N5O. The van der Waals surface area contributed by atoms with Crippen molar-refractivity contribution in [2.24, 2.45) is 0 Å². The molecule has 0 bridgehead atoms. The minimum atomic E-state index is -0.396. The first-order valence-electron chi connectivity index (χ1n) is 11.6. The van der Waals surface area contributed by atoms with Crippen molar-refractivity contribution in [1.29, 1.82) is 0 Å². The summed E-state index contributed by atoms with van der Waals surface area (Å²) in [5.41, 5.74) is 3.77. The fourth-order valence-corrected chi connectivity index (χ4v) is 5.67. The second kappa shape index (κ2) is 8.82. The van der Waals surface area contributed by atoms with E-state index in [4.69, 9.17) is 23.2 Å². The third-order valence-electron chi connectivity index (χ3n) is 7.16. The van der Waals surface area contributed by atoms with Gasteiger partial charge in [-0.2, -0.15) is 0 Å². The van der Waals surface area contributed by atoms with Crippen LogP contribution < -0.4 is 10.2 Å². The van der Waals surface area contributed by atoms with E-state index in [9.17, 15) is 4.79 Å². The topological polar surface area (TPSA) is 53.4 Å². The lowest BCUT2D eigenvalue weighted by Gasteiger charge is -2.39. The van der Waals surface area contributed by atoms with Crippen molar-refractivity contribution in [3.8, 4) is 0 Å². The molecule has 2 aliphatic rings. The van der Waals surface area contributed by atoms with Gasteiger partial charge in [0.2, 0.25) is 5.91 Å². The van der Waals surface area contributed by atoms with Gasteiger partial charge in [-0.25, -0.2) is 4.98 Å². The average Bonchev–Trinajstić information content (AvgIpc) is 3.45. The van der Waals surface area contributed by atoms with Crippen LogP contribution in [-0.4, -0.2) is 58.6 Å². The fourth-order valence-electron chi connectivity index (χ4n) is 5.10. The summed E-state index contributed by atoms with van der Waals surface area (Å²) in [6.45, 7) is 8.20. The van der Waals surface area contributed by atoms with Gasteiger partial charge in [0.15, 0.2) is 0 Å². The number of rotatable bonds is 4. The summed E-state index contributed by atoms with van der Waals surface area (Å²) in [7, 11) is 0. The number of carbonyl (C=O) groups is 1. The van der Waals surface area contributed by atoms with Gasteiger partial charge in [-0.3, -0.25) is 4.79 Å². The van der Waals surface area contributed by atoms with E-state index in [1.807, 2.05) is 30.3 Å². The fraction of sp³-hybridized carbons (Fsp3) is 0.440. The van der Waals surface area contributed by atoms with E-state index in [0.717, 1.165) is 67.8 Å². The molecule has 1 amide bonds. The maximum atomic E-state index is 13.0. The number of nitrogens with zero attached hydrogens (tertiary/aromatic N) is 4.